The summed E-state index contributed by atoms with van der Waals surface area (Å²) >= 11 is 0. The summed E-state index contributed by atoms with van der Waals surface area (Å²) in [6.45, 7) is 0. The highest BCUT2D eigenvalue weighted by molar-refractivity contribution is 5.98. The Morgan fingerprint density at radius 2 is 1.90 bits per heavy atom. The van der Waals surface area contributed by atoms with Crippen molar-refractivity contribution in [2.75, 3.05) is 5.73 Å². The maximum absolute atomic E-state index is 13.7. The van der Waals surface area contributed by atoms with Crippen LogP contribution in [0.5, 0.6) is 0 Å². The maximum Gasteiger partial charge on any atom is 0.294 e. The average Bonchev–Trinajstić information content (AvgIpc) is 3.36. The van der Waals surface area contributed by atoms with E-state index in [4.69, 9.17) is 5.73 Å². The number of hydrogen-bond donors (Lipinski definition) is 2. The van der Waals surface area contributed by atoms with E-state index in [9.17, 15) is 9.18 Å². The molecule has 0 aliphatic heterocycles. The van der Waals surface area contributed by atoms with Crippen molar-refractivity contribution in [3.05, 3.63) is 71.7 Å². The van der Waals surface area contributed by atoms with Crippen molar-refractivity contribution in [2.24, 2.45) is 5.10 Å². The number of anilines is 1. The molecule has 0 saturated heterocycles. The molecular formula is C18H13FN8O2. The van der Waals surface area contributed by atoms with Crippen molar-refractivity contribution in [1.82, 2.24) is 30.7 Å². The highest BCUT2D eigenvalue weighted by Gasteiger charge is 2.24. The van der Waals surface area contributed by atoms with Crippen LogP contribution in [0.25, 0.3) is 17.1 Å². The fourth-order valence-corrected chi connectivity index (χ4v) is 2.57. The number of rotatable bonds is 5. The van der Waals surface area contributed by atoms with E-state index in [1.807, 2.05) is 6.07 Å². The van der Waals surface area contributed by atoms with E-state index < -0.39 is 11.7 Å². The molecule has 2 heterocycles. The lowest BCUT2D eigenvalue weighted by atomic mass is 10.1. The van der Waals surface area contributed by atoms with Crippen LogP contribution in [0.1, 0.15) is 16.1 Å². The third-order valence-electron chi connectivity index (χ3n) is 3.90. The van der Waals surface area contributed by atoms with Crippen LogP contribution < -0.4 is 11.2 Å². The maximum atomic E-state index is 13.7. The fraction of sp³-hybridized carbons (Fsp3) is 0. The molecule has 0 radical (unpaired) electrons. The smallest absolute Gasteiger partial charge is 0.294 e. The number of halogens is 1. The van der Waals surface area contributed by atoms with Gasteiger partial charge in [-0.1, -0.05) is 53.7 Å². The summed E-state index contributed by atoms with van der Waals surface area (Å²) in [6.07, 6.45) is 1.19. The second-order valence-corrected chi connectivity index (χ2v) is 5.76. The molecule has 0 saturated carbocycles. The molecule has 0 fully saturated rings. The summed E-state index contributed by atoms with van der Waals surface area (Å²) in [5, 5.41) is 18.9. The molecule has 0 unspecified atom stereocenters. The van der Waals surface area contributed by atoms with E-state index in [1.54, 1.807) is 36.4 Å². The van der Waals surface area contributed by atoms with Gasteiger partial charge in [-0.2, -0.15) is 9.78 Å². The van der Waals surface area contributed by atoms with E-state index in [2.05, 4.69) is 35.8 Å². The highest BCUT2D eigenvalue weighted by atomic mass is 19.1. The number of carbonyl (C=O) groups excluding carboxylic acids is 1. The number of benzene rings is 2. The summed E-state index contributed by atoms with van der Waals surface area (Å²) < 4.78 is 19.5. The Hall–Kier alpha value is -4.41. The van der Waals surface area contributed by atoms with Gasteiger partial charge in [0, 0.05) is 11.1 Å². The first-order valence-corrected chi connectivity index (χ1v) is 8.32. The van der Waals surface area contributed by atoms with Gasteiger partial charge in [-0.15, -0.1) is 5.10 Å². The average molecular weight is 392 g/mol. The number of nitrogens with zero attached hydrogens (tertiary/aromatic N) is 6. The molecule has 11 heteroatoms. The summed E-state index contributed by atoms with van der Waals surface area (Å²) in [5.41, 5.74) is 9.19. The molecular weight excluding hydrogens is 379 g/mol. The zero-order chi connectivity index (χ0) is 20.2. The van der Waals surface area contributed by atoms with E-state index >= 15 is 0 Å². The minimum absolute atomic E-state index is 0.0170. The number of amides is 1. The SMILES string of the molecule is Nc1nonc1-n1nnc(C(=O)NN=Cc2ccccc2F)c1-c1ccccc1. The second-order valence-electron chi connectivity index (χ2n) is 5.76. The van der Waals surface area contributed by atoms with Crippen LogP contribution >= 0.6 is 0 Å². The Balaban J connectivity index is 1.68. The normalized spacial score (nSPS) is 11.1. The quantitative estimate of drug-likeness (QED) is 0.390. The molecule has 1 amide bonds. The van der Waals surface area contributed by atoms with Gasteiger partial charge < -0.3 is 5.73 Å². The molecule has 4 rings (SSSR count). The third kappa shape index (κ3) is 3.56. The third-order valence-corrected chi connectivity index (χ3v) is 3.90. The molecule has 0 spiro atoms. The number of nitrogens with two attached hydrogens (primary N) is 1. The molecule has 0 atom stereocenters. The molecule has 144 valence electrons. The summed E-state index contributed by atoms with van der Waals surface area (Å²) in [4.78, 5) is 12.7. The number of nitrogens with one attached hydrogen (secondary N) is 1. The van der Waals surface area contributed by atoms with E-state index in [-0.39, 0.29) is 22.9 Å². The van der Waals surface area contributed by atoms with Crippen molar-refractivity contribution in [1.29, 1.82) is 0 Å². The van der Waals surface area contributed by atoms with Gasteiger partial charge in [-0.25, -0.2) is 14.4 Å². The zero-order valence-electron chi connectivity index (χ0n) is 14.7. The molecule has 2 aromatic heterocycles. The lowest BCUT2D eigenvalue weighted by Crippen LogP contribution is -2.19. The van der Waals surface area contributed by atoms with E-state index in [1.165, 1.54) is 23.0 Å². The molecule has 0 aliphatic carbocycles. The van der Waals surface area contributed by atoms with Crippen LogP contribution in [0.4, 0.5) is 10.2 Å². The number of carbonyl (C=O) groups is 1. The van der Waals surface area contributed by atoms with Gasteiger partial charge in [0.1, 0.15) is 11.5 Å². The van der Waals surface area contributed by atoms with Crippen molar-refractivity contribution < 1.29 is 13.8 Å². The van der Waals surface area contributed by atoms with Gasteiger partial charge in [0.2, 0.25) is 11.6 Å². The van der Waals surface area contributed by atoms with Crippen LogP contribution in [0.15, 0.2) is 64.3 Å². The van der Waals surface area contributed by atoms with Gasteiger partial charge >= 0.3 is 0 Å². The van der Waals surface area contributed by atoms with Crippen LogP contribution in [0, 0.1) is 5.82 Å². The van der Waals surface area contributed by atoms with Crippen molar-refractivity contribution in [3.8, 4) is 17.1 Å². The van der Waals surface area contributed by atoms with Crippen LogP contribution in [0.2, 0.25) is 0 Å². The molecule has 4 aromatic rings. The Morgan fingerprint density at radius 1 is 1.14 bits per heavy atom. The van der Waals surface area contributed by atoms with Gasteiger partial charge in [-0.3, -0.25) is 4.79 Å². The van der Waals surface area contributed by atoms with Gasteiger partial charge in [0.15, 0.2) is 5.69 Å². The molecule has 2 aromatic carbocycles. The Kier molecular flexibility index (Phi) is 4.76. The predicted molar refractivity (Wildman–Crippen MR) is 101 cm³/mol. The first-order valence-electron chi connectivity index (χ1n) is 8.32. The zero-order valence-corrected chi connectivity index (χ0v) is 14.7. The van der Waals surface area contributed by atoms with Crippen molar-refractivity contribution in [2.45, 2.75) is 0 Å². The monoisotopic (exact) mass is 392 g/mol. The second kappa shape index (κ2) is 7.68. The minimum Gasteiger partial charge on any atom is -0.378 e. The molecule has 29 heavy (non-hydrogen) atoms. The van der Waals surface area contributed by atoms with Crippen molar-refractivity contribution in [3.63, 3.8) is 0 Å². The molecule has 10 nitrogen and oxygen atoms in total. The van der Waals surface area contributed by atoms with Crippen LogP contribution in [-0.4, -0.2) is 37.4 Å². The topological polar surface area (TPSA) is 137 Å². The summed E-state index contributed by atoms with van der Waals surface area (Å²) in [7, 11) is 0. The molecule has 0 aliphatic rings. The van der Waals surface area contributed by atoms with E-state index in [0.717, 1.165) is 0 Å². The van der Waals surface area contributed by atoms with Gasteiger partial charge in [-0.05, 0) is 16.4 Å². The molecule has 0 bridgehead atoms. The summed E-state index contributed by atoms with van der Waals surface area (Å²) in [6, 6.07) is 14.9. The lowest BCUT2D eigenvalue weighted by molar-refractivity contribution is 0.0950. The van der Waals surface area contributed by atoms with E-state index in [0.29, 0.717) is 11.3 Å². The minimum atomic E-state index is -0.655. The van der Waals surface area contributed by atoms with Gasteiger partial charge in [0.25, 0.3) is 5.91 Å². The Morgan fingerprint density at radius 3 is 2.62 bits per heavy atom. The summed E-state index contributed by atoms with van der Waals surface area (Å²) in [5.74, 6) is -1.05. The fourth-order valence-electron chi connectivity index (χ4n) is 2.57. The number of hydrazone groups is 1. The first kappa shape index (κ1) is 18.0. The number of hydrogen-bond acceptors (Lipinski definition) is 8. The predicted octanol–water partition coefficient (Wildman–Crippen LogP) is 1.80. The largest absolute Gasteiger partial charge is 0.378 e. The Labute approximate surface area is 162 Å². The lowest BCUT2D eigenvalue weighted by Gasteiger charge is -2.05. The number of aromatic nitrogens is 5. The van der Waals surface area contributed by atoms with Crippen LogP contribution in [0.3, 0.4) is 0 Å². The van der Waals surface area contributed by atoms with Crippen molar-refractivity contribution >= 4 is 17.9 Å². The van der Waals surface area contributed by atoms with Crippen LogP contribution in [-0.2, 0) is 0 Å². The van der Waals surface area contributed by atoms with Gasteiger partial charge in [0.05, 0.1) is 6.21 Å². The first-order chi connectivity index (χ1) is 14.1. The Bertz CT molecular complexity index is 1190. The standard InChI is InChI=1S/C18H13FN8O2/c19-13-9-5-4-8-12(13)10-21-23-18(28)14-15(11-6-2-1-3-7-11)27(26-22-14)17-16(20)24-29-25-17/h1-10H,(H2,20,24)(H,23,28). The molecule has 3 N–H and O–H groups in total. The highest BCUT2D eigenvalue weighted by Crippen LogP contribution is 2.26. The number of nitrogen functional groups attached to an aromatic ring is 1.